The molecule has 18 heavy (non-hydrogen) atoms. The number of carbonyl (C=O) groups is 2. The van der Waals surface area contributed by atoms with Crippen molar-refractivity contribution in [2.75, 3.05) is 0 Å². The van der Waals surface area contributed by atoms with E-state index in [1.807, 2.05) is 0 Å². The molecule has 96 valence electrons. The van der Waals surface area contributed by atoms with Gasteiger partial charge in [-0.1, -0.05) is 17.4 Å². The van der Waals surface area contributed by atoms with Gasteiger partial charge < -0.3 is 10.4 Å². The van der Waals surface area contributed by atoms with Gasteiger partial charge in [-0.2, -0.15) is 0 Å². The molecule has 1 unspecified atom stereocenters. The number of nitrogens with zero attached hydrogens (tertiary/aromatic N) is 1. The maximum atomic E-state index is 11.6. The first-order valence-electron chi connectivity index (χ1n) is 4.84. The van der Waals surface area contributed by atoms with Crippen molar-refractivity contribution in [1.29, 1.82) is 0 Å². The molecule has 2 N–H and O–H groups in total. The molecule has 0 aromatic carbocycles. The highest BCUT2D eigenvalue weighted by atomic mass is 32.1. The third kappa shape index (κ3) is 3.39. The predicted octanol–water partition coefficient (Wildman–Crippen LogP) is 1.42. The number of hydrogen-bond acceptors (Lipinski definition) is 5. The van der Waals surface area contributed by atoms with Gasteiger partial charge in [0.25, 0.3) is 5.91 Å². The zero-order valence-electron chi connectivity index (χ0n) is 9.16. The summed E-state index contributed by atoms with van der Waals surface area (Å²) in [7, 11) is 0. The van der Waals surface area contributed by atoms with Crippen LogP contribution in [0.5, 0.6) is 0 Å². The molecule has 0 aliphatic rings. The lowest BCUT2D eigenvalue weighted by Crippen LogP contribution is -2.40. The molecule has 1 aromatic heterocycles. The molecule has 0 spiro atoms. The minimum atomic E-state index is -1.19. The van der Waals surface area contributed by atoms with E-state index >= 15 is 0 Å². The third-order valence-corrected chi connectivity index (χ3v) is 3.04. The van der Waals surface area contributed by atoms with Gasteiger partial charge in [0, 0.05) is 6.07 Å². The van der Waals surface area contributed by atoms with Gasteiger partial charge in [0.05, 0.1) is 9.80 Å². The van der Waals surface area contributed by atoms with Gasteiger partial charge in [-0.25, -0.2) is 4.79 Å². The first kappa shape index (κ1) is 13.8. The monoisotopic (exact) mass is 270 g/mol. The lowest BCUT2D eigenvalue weighted by molar-refractivity contribution is -0.380. The van der Waals surface area contributed by atoms with E-state index in [0.717, 1.165) is 0 Å². The van der Waals surface area contributed by atoms with Crippen LogP contribution >= 0.6 is 11.3 Å². The SMILES string of the molecule is C=CCC(NC(=O)c1ccc([N+](=O)[O-])s1)C(=O)O. The fourth-order valence-electron chi connectivity index (χ4n) is 1.17. The van der Waals surface area contributed by atoms with Crippen LogP contribution in [-0.2, 0) is 4.79 Å². The molecule has 0 saturated carbocycles. The van der Waals surface area contributed by atoms with E-state index < -0.39 is 22.8 Å². The largest absolute Gasteiger partial charge is 0.480 e. The Bertz CT molecular complexity index is 496. The Kier molecular flexibility index (Phi) is 4.55. The minimum Gasteiger partial charge on any atom is -0.480 e. The summed E-state index contributed by atoms with van der Waals surface area (Å²) in [6.45, 7) is 3.39. The molecule has 0 aliphatic heterocycles. The third-order valence-electron chi connectivity index (χ3n) is 2.00. The van der Waals surface area contributed by atoms with Crippen LogP contribution in [0.25, 0.3) is 0 Å². The Morgan fingerprint density at radius 1 is 1.61 bits per heavy atom. The van der Waals surface area contributed by atoms with Gasteiger partial charge in [-0.3, -0.25) is 14.9 Å². The average Bonchev–Trinajstić information content (AvgIpc) is 2.77. The van der Waals surface area contributed by atoms with E-state index in [0.29, 0.717) is 11.3 Å². The smallest absolute Gasteiger partial charge is 0.326 e. The summed E-state index contributed by atoms with van der Waals surface area (Å²) >= 11 is 0.691. The van der Waals surface area contributed by atoms with E-state index in [2.05, 4.69) is 11.9 Å². The number of nitrogens with one attached hydrogen (secondary N) is 1. The molecule has 8 heteroatoms. The molecule has 1 amide bonds. The number of aliphatic carboxylic acids is 1. The zero-order valence-corrected chi connectivity index (χ0v) is 9.98. The van der Waals surface area contributed by atoms with Gasteiger partial charge >= 0.3 is 11.0 Å². The summed E-state index contributed by atoms with van der Waals surface area (Å²) < 4.78 is 0. The fraction of sp³-hybridized carbons (Fsp3) is 0.200. The van der Waals surface area contributed by atoms with Gasteiger partial charge in [0.2, 0.25) is 0 Å². The molecule has 0 saturated heterocycles. The summed E-state index contributed by atoms with van der Waals surface area (Å²) in [5, 5.41) is 21.4. The second-order valence-electron chi connectivity index (χ2n) is 3.28. The highest BCUT2D eigenvalue weighted by molar-refractivity contribution is 7.17. The van der Waals surface area contributed by atoms with E-state index in [1.54, 1.807) is 0 Å². The zero-order chi connectivity index (χ0) is 13.7. The van der Waals surface area contributed by atoms with Crippen molar-refractivity contribution in [3.8, 4) is 0 Å². The van der Waals surface area contributed by atoms with E-state index in [-0.39, 0.29) is 16.3 Å². The van der Waals surface area contributed by atoms with Gasteiger partial charge in [0.1, 0.15) is 6.04 Å². The van der Waals surface area contributed by atoms with Crippen LogP contribution in [0, 0.1) is 10.1 Å². The first-order valence-corrected chi connectivity index (χ1v) is 5.66. The van der Waals surface area contributed by atoms with E-state index in [4.69, 9.17) is 5.11 Å². The Morgan fingerprint density at radius 2 is 2.28 bits per heavy atom. The van der Waals surface area contributed by atoms with Crippen molar-refractivity contribution in [3.63, 3.8) is 0 Å². The standard InChI is InChI=1S/C10H10N2O5S/c1-2-3-6(10(14)15)11-9(13)7-4-5-8(18-7)12(16)17/h2,4-6H,1,3H2,(H,11,13)(H,14,15). The Balaban J connectivity index is 2.76. The van der Waals surface area contributed by atoms with Crippen molar-refractivity contribution in [3.05, 3.63) is 39.8 Å². The van der Waals surface area contributed by atoms with Gasteiger partial charge in [0.15, 0.2) is 0 Å². The van der Waals surface area contributed by atoms with E-state index in [1.165, 1.54) is 18.2 Å². The Morgan fingerprint density at radius 3 is 2.72 bits per heavy atom. The van der Waals surface area contributed by atoms with Crippen molar-refractivity contribution in [2.24, 2.45) is 0 Å². The number of carboxylic acids is 1. The number of thiophene rings is 1. The molecule has 0 bridgehead atoms. The molecular formula is C10H10N2O5S. The summed E-state index contributed by atoms with van der Waals surface area (Å²) in [5.41, 5.74) is 0. The highest BCUT2D eigenvalue weighted by Crippen LogP contribution is 2.23. The normalized spacial score (nSPS) is 11.6. The van der Waals surface area contributed by atoms with Crippen LogP contribution in [0.15, 0.2) is 24.8 Å². The summed E-state index contributed by atoms with van der Waals surface area (Å²) in [4.78, 5) is 32.4. The number of nitro groups is 1. The molecule has 7 nitrogen and oxygen atoms in total. The Labute approximate surface area is 106 Å². The molecule has 1 atom stereocenters. The number of carbonyl (C=O) groups excluding carboxylic acids is 1. The maximum absolute atomic E-state index is 11.6. The quantitative estimate of drug-likeness (QED) is 0.461. The summed E-state index contributed by atoms with van der Waals surface area (Å²) in [5.74, 6) is -1.84. The van der Waals surface area contributed by atoms with Crippen LogP contribution in [0.4, 0.5) is 5.00 Å². The van der Waals surface area contributed by atoms with Crippen molar-refractivity contribution >= 4 is 28.2 Å². The highest BCUT2D eigenvalue weighted by Gasteiger charge is 2.21. The minimum absolute atomic E-state index is 0.0779. The van der Waals surface area contributed by atoms with E-state index in [9.17, 15) is 19.7 Å². The van der Waals surface area contributed by atoms with Crippen LogP contribution in [-0.4, -0.2) is 27.9 Å². The molecular weight excluding hydrogens is 260 g/mol. The molecule has 0 radical (unpaired) electrons. The summed E-state index contributed by atoms with van der Waals surface area (Å²) in [6, 6.07) is 1.39. The number of hydrogen-bond donors (Lipinski definition) is 2. The number of carboxylic acid groups (broad SMARTS) is 1. The average molecular weight is 270 g/mol. The van der Waals surface area contributed by atoms with Gasteiger partial charge in [-0.15, -0.1) is 6.58 Å². The van der Waals surface area contributed by atoms with Crippen molar-refractivity contribution in [2.45, 2.75) is 12.5 Å². The lowest BCUT2D eigenvalue weighted by atomic mass is 10.2. The molecule has 0 aliphatic carbocycles. The van der Waals surface area contributed by atoms with Crippen molar-refractivity contribution < 1.29 is 19.6 Å². The van der Waals surface area contributed by atoms with Gasteiger partial charge in [-0.05, 0) is 12.5 Å². The molecule has 1 heterocycles. The molecule has 1 aromatic rings. The number of rotatable bonds is 6. The van der Waals surface area contributed by atoms with Crippen LogP contribution in [0.1, 0.15) is 16.1 Å². The van der Waals surface area contributed by atoms with Crippen LogP contribution in [0.2, 0.25) is 0 Å². The van der Waals surface area contributed by atoms with Crippen molar-refractivity contribution in [1.82, 2.24) is 5.32 Å². The Hall–Kier alpha value is -2.22. The predicted molar refractivity (Wildman–Crippen MR) is 64.7 cm³/mol. The fourth-order valence-corrected chi connectivity index (χ4v) is 1.89. The second-order valence-corrected chi connectivity index (χ2v) is 4.35. The first-order chi connectivity index (χ1) is 8.45. The maximum Gasteiger partial charge on any atom is 0.326 e. The second kappa shape index (κ2) is 5.92. The number of amides is 1. The van der Waals surface area contributed by atoms with Crippen LogP contribution in [0.3, 0.4) is 0 Å². The summed E-state index contributed by atoms with van der Waals surface area (Å²) in [6.07, 6.45) is 1.45. The molecule has 1 rings (SSSR count). The topological polar surface area (TPSA) is 110 Å². The van der Waals surface area contributed by atoms with Crippen LogP contribution < -0.4 is 5.32 Å². The molecule has 0 fully saturated rings. The lowest BCUT2D eigenvalue weighted by Gasteiger charge is -2.11.